The van der Waals surface area contributed by atoms with Gasteiger partial charge in [0.2, 0.25) is 0 Å². The average molecular weight is 361 g/mol. The van der Waals surface area contributed by atoms with Crippen LogP contribution in [0.25, 0.3) is 16.9 Å². The van der Waals surface area contributed by atoms with Crippen LogP contribution in [-0.2, 0) is 16.0 Å². The highest BCUT2D eigenvalue weighted by Crippen LogP contribution is 2.30. The number of unbranched alkanes of at least 4 members (excludes halogenated alkanes) is 1. The topological polar surface area (TPSA) is 31.2 Å². The Labute approximate surface area is 161 Å². The van der Waals surface area contributed by atoms with E-state index >= 15 is 0 Å². The molecule has 0 spiro atoms. The highest BCUT2D eigenvalue weighted by atomic mass is 16.5. The Bertz CT molecular complexity index is 892. The zero-order chi connectivity index (χ0) is 19.2. The van der Waals surface area contributed by atoms with E-state index in [1.807, 2.05) is 18.2 Å². The number of carbonyl (C=O) groups excluding carboxylic acids is 1. The molecule has 2 aromatic carbocycles. The first-order valence-corrected chi connectivity index (χ1v) is 9.59. The Balaban J connectivity index is 1.99. The van der Waals surface area contributed by atoms with Gasteiger partial charge in [-0.15, -0.1) is 0 Å². The lowest BCUT2D eigenvalue weighted by molar-refractivity contribution is -0.142. The molecule has 0 aliphatic carbocycles. The first-order chi connectivity index (χ1) is 13.1. The van der Waals surface area contributed by atoms with Gasteiger partial charge in [-0.1, -0.05) is 61.4 Å². The molecular weight excluding hydrogens is 334 g/mol. The van der Waals surface area contributed by atoms with E-state index in [0.29, 0.717) is 13.0 Å². The number of hydrogen-bond acceptors (Lipinski definition) is 2. The number of para-hydroxylation sites is 1. The van der Waals surface area contributed by atoms with Gasteiger partial charge in [0.05, 0.1) is 18.7 Å². The van der Waals surface area contributed by atoms with Crippen LogP contribution >= 0.6 is 0 Å². The van der Waals surface area contributed by atoms with Crippen LogP contribution in [0.5, 0.6) is 0 Å². The number of aromatic nitrogens is 1. The number of carbonyl (C=O) groups is 1. The van der Waals surface area contributed by atoms with Crippen molar-refractivity contribution in [2.45, 2.75) is 40.0 Å². The van der Waals surface area contributed by atoms with E-state index < -0.39 is 0 Å². The lowest BCUT2D eigenvalue weighted by Gasteiger charge is -2.12. The molecule has 140 valence electrons. The quantitative estimate of drug-likeness (QED) is 0.402. The first kappa shape index (κ1) is 19.0. The van der Waals surface area contributed by atoms with E-state index in [0.717, 1.165) is 41.0 Å². The molecule has 0 saturated heterocycles. The van der Waals surface area contributed by atoms with Crippen LogP contribution in [0.3, 0.4) is 0 Å². The van der Waals surface area contributed by atoms with E-state index in [1.165, 1.54) is 5.56 Å². The number of esters is 1. The van der Waals surface area contributed by atoms with Crippen LogP contribution in [0.15, 0.2) is 60.7 Å². The maximum Gasteiger partial charge on any atom is 0.310 e. The van der Waals surface area contributed by atoms with Gasteiger partial charge in [-0.3, -0.25) is 4.79 Å². The highest BCUT2D eigenvalue weighted by molar-refractivity contribution is 5.75. The molecule has 3 nitrogen and oxygen atoms in total. The average Bonchev–Trinajstić information content (AvgIpc) is 2.99. The van der Waals surface area contributed by atoms with Crippen molar-refractivity contribution in [3.8, 4) is 16.9 Å². The molecular formula is C24H27NO2. The van der Waals surface area contributed by atoms with E-state index in [9.17, 15) is 4.79 Å². The molecule has 1 heterocycles. The summed E-state index contributed by atoms with van der Waals surface area (Å²) in [6.45, 7) is 6.74. The third kappa shape index (κ3) is 4.48. The molecule has 0 radical (unpaired) electrons. The van der Waals surface area contributed by atoms with Crippen molar-refractivity contribution in [1.82, 2.24) is 4.57 Å². The maximum absolute atomic E-state index is 12.2. The second kappa shape index (κ2) is 8.72. The Morgan fingerprint density at radius 1 is 1.00 bits per heavy atom. The number of benzene rings is 2. The maximum atomic E-state index is 12.2. The van der Waals surface area contributed by atoms with Crippen molar-refractivity contribution >= 4 is 5.97 Å². The summed E-state index contributed by atoms with van der Waals surface area (Å²) in [6, 6.07) is 20.9. The SMILES string of the molecule is CCCCOC(=O)Cc1cc(-c2ccc(C)cc2)n(-c2ccccc2)c1C. The van der Waals surface area contributed by atoms with Crippen LogP contribution < -0.4 is 0 Å². The van der Waals surface area contributed by atoms with Gasteiger partial charge >= 0.3 is 5.97 Å². The van der Waals surface area contributed by atoms with Gasteiger partial charge in [0.1, 0.15) is 0 Å². The molecule has 0 fully saturated rings. The summed E-state index contributed by atoms with van der Waals surface area (Å²) >= 11 is 0. The largest absolute Gasteiger partial charge is 0.465 e. The van der Waals surface area contributed by atoms with Crippen LogP contribution in [0.1, 0.15) is 36.6 Å². The molecule has 0 unspecified atom stereocenters. The first-order valence-electron chi connectivity index (χ1n) is 9.59. The molecule has 0 amide bonds. The minimum absolute atomic E-state index is 0.160. The van der Waals surface area contributed by atoms with E-state index in [-0.39, 0.29) is 5.97 Å². The second-order valence-corrected chi connectivity index (χ2v) is 6.93. The van der Waals surface area contributed by atoms with E-state index in [1.54, 1.807) is 0 Å². The highest BCUT2D eigenvalue weighted by Gasteiger charge is 2.17. The number of hydrogen-bond donors (Lipinski definition) is 0. The minimum Gasteiger partial charge on any atom is -0.465 e. The minimum atomic E-state index is -0.160. The summed E-state index contributed by atoms with van der Waals surface area (Å²) in [5.41, 5.74) is 6.64. The summed E-state index contributed by atoms with van der Waals surface area (Å²) in [6.07, 6.45) is 2.23. The summed E-state index contributed by atoms with van der Waals surface area (Å²) in [7, 11) is 0. The molecule has 1 aromatic heterocycles. The number of aryl methyl sites for hydroxylation is 1. The van der Waals surface area contributed by atoms with Gasteiger partial charge in [0.25, 0.3) is 0 Å². The van der Waals surface area contributed by atoms with Crippen molar-refractivity contribution in [3.63, 3.8) is 0 Å². The number of nitrogens with zero attached hydrogens (tertiary/aromatic N) is 1. The summed E-state index contributed by atoms with van der Waals surface area (Å²) in [4.78, 5) is 12.2. The fraction of sp³-hybridized carbons (Fsp3) is 0.292. The van der Waals surface area contributed by atoms with Crippen LogP contribution in [0, 0.1) is 13.8 Å². The molecule has 0 N–H and O–H groups in total. The van der Waals surface area contributed by atoms with Crippen molar-refractivity contribution in [3.05, 3.63) is 77.5 Å². The molecule has 0 atom stereocenters. The molecule has 3 aromatic rings. The van der Waals surface area contributed by atoms with Gasteiger partial charge in [0, 0.05) is 11.4 Å². The zero-order valence-electron chi connectivity index (χ0n) is 16.4. The lowest BCUT2D eigenvalue weighted by atomic mass is 10.1. The van der Waals surface area contributed by atoms with Crippen molar-refractivity contribution in [1.29, 1.82) is 0 Å². The predicted molar refractivity (Wildman–Crippen MR) is 110 cm³/mol. The van der Waals surface area contributed by atoms with Gasteiger partial charge in [-0.2, -0.15) is 0 Å². The van der Waals surface area contributed by atoms with Gasteiger partial charge in [-0.05, 0) is 49.6 Å². The van der Waals surface area contributed by atoms with Crippen LogP contribution in [-0.4, -0.2) is 17.1 Å². The third-order valence-corrected chi connectivity index (χ3v) is 4.81. The normalized spacial score (nSPS) is 10.8. The monoisotopic (exact) mass is 361 g/mol. The molecule has 0 aliphatic heterocycles. The molecule has 0 bridgehead atoms. The predicted octanol–water partition coefficient (Wildman–Crippen LogP) is 5.65. The van der Waals surface area contributed by atoms with Gasteiger partial charge < -0.3 is 9.30 Å². The molecule has 0 aliphatic rings. The Hall–Kier alpha value is -2.81. The fourth-order valence-corrected chi connectivity index (χ4v) is 3.22. The third-order valence-electron chi connectivity index (χ3n) is 4.81. The van der Waals surface area contributed by atoms with E-state index in [2.05, 4.69) is 67.8 Å². The number of ether oxygens (including phenoxy) is 1. The van der Waals surface area contributed by atoms with Gasteiger partial charge in [0.15, 0.2) is 0 Å². The van der Waals surface area contributed by atoms with Crippen molar-refractivity contribution in [2.24, 2.45) is 0 Å². The zero-order valence-corrected chi connectivity index (χ0v) is 16.4. The lowest BCUT2D eigenvalue weighted by Crippen LogP contribution is -2.09. The molecule has 0 saturated carbocycles. The van der Waals surface area contributed by atoms with Crippen molar-refractivity contribution in [2.75, 3.05) is 6.61 Å². The second-order valence-electron chi connectivity index (χ2n) is 6.93. The number of rotatable bonds is 7. The Morgan fingerprint density at radius 3 is 2.37 bits per heavy atom. The van der Waals surface area contributed by atoms with E-state index in [4.69, 9.17) is 4.74 Å². The smallest absolute Gasteiger partial charge is 0.310 e. The standard InChI is InChI=1S/C24H27NO2/c1-4-5-15-27-24(26)17-21-16-23(20-13-11-18(2)12-14-20)25(19(21)3)22-9-7-6-8-10-22/h6-14,16H,4-5,15,17H2,1-3H3. The Kier molecular flexibility index (Phi) is 6.12. The molecule has 3 rings (SSSR count). The summed E-state index contributed by atoms with van der Waals surface area (Å²) in [5.74, 6) is -0.160. The molecule has 27 heavy (non-hydrogen) atoms. The van der Waals surface area contributed by atoms with Crippen LogP contribution in [0.2, 0.25) is 0 Å². The fourth-order valence-electron chi connectivity index (χ4n) is 3.22. The summed E-state index contributed by atoms with van der Waals surface area (Å²) < 4.78 is 7.59. The Morgan fingerprint density at radius 2 is 1.70 bits per heavy atom. The van der Waals surface area contributed by atoms with Gasteiger partial charge in [-0.25, -0.2) is 0 Å². The molecule has 3 heteroatoms. The summed E-state index contributed by atoms with van der Waals surface area (Å²) in [5, 5.41) is 0. The van der Waals surface area contributed by atoms with Crippen molar-refractivity contribution < 1.29 is 9.53 Å². The van der Waals surface area contributed by atoms with Crippen LogP contribution in [0.4, 0.5) is 0 Å².